The largest absolute Gasteiger partial charge is 0.475 e. The van der Waals surface area contributed by atoms with Crippen molar-refractivity contribution in [2.24, 2.45) is 0 Å². The van der Waals surface area contributed by atoms with Crippen LogP contribution in [0.3, 0.4) is 0 Å². The van der Waals surface area contributed by atoms with Gasteiger partial charge in [-0.2, -0.15) is 4.98 Å². The molecule has 1 saturated carbocycles. The fourth-order valence-electron chi connectivity index (χ4n) is 1.16. The van der Waals surface area contributed by atoms with Crippen LogP contribution < -0.4 is 4.74 Å². The molecule has 1 aromatic rings. The Morgan fingerprint density at radius 1 is 1.50 bits per heavy atom. The molecular formula is C9H11BrN2O2. The Morgan fingerprint density at radius 2 is 2.29 bits per heavy atom. The van der Waals surface area contributed by atoms with Crippen molar-refractivity contribution in [2.45, 2.75) is 18.8 Å². The SMILES string of the molecule is OCCOc1cc(Br)nc(C2CC2)n1. The predicted molar refractivity (Wildman–Crippen MR) is 54.3 cm³/mol. The van der Waals surface area contributed by atoms with Crippen LogP contribution in [0.4, 0.5) is 0 Å². The first-order valence-electron chi connectivity index (χ1n) is 4.57. The molecule has 1 aromatic heterocycles. The second kappa shape index (κ2) is 4.23. The summed E-state index contributed by atoms with van der Waals surface area (Å²) in [7, 11) is 0. The number of hydrogen-bond donors (Lipinski definition) is 1. The molecule has 0 atom stereocenters. The summed E-state index contributed by atoms with van der Waals surface area (Å²) in [6, 6.07) is 1.71. The minimum atomic E-state index is 0.000381. The number of aliphatic hydroxyl groups excluding tert-OH is 1. The highest BCUT2D eigenvalue weighted by atomic mass is 79.9. The van der Waals surface area contributed by atoms with Crippen LogP contribution >= 0.6 is 15.9 Å². The molecule has 14 heavy (non-hydrogen) atoms. The van der Waals surface area contributed by atoms with Gasteiger partial charge in [-0.05, 0) is 28.8 Å². The molecule has 0 amide bonds. The van der Waals surface area contributed by atoms with E-state index in [0.717, 1.165) is 23.3 Å². The van der Waals surface area contributed by atoms with Gasteiger partial charge in [0.05, 0.1) is 6.61 Å². The Hall–Kier alpha value is -0.680. The molecule has 5 heteroatoms. The predicted octanol–water partition coefficient (Wildman–Crippen LogP) is 1.49. The zero-order valence-electron chi connectivity index (χ0n) is 7.61. The van der Waals surface area contributed by atoms with E-state index in [0.29, 0.717) is 11.8 Å². The summed E-state index contributed by atoms with van der Waals surface area (Å²) < 4.78 is 5.96. The third-order valence-corrected chi connectivity index (χ3v) is 2.38. The molecular weight excluding hydrogens is 248 g/mol. The average Bonchev–Trinajstić information content (AvgIpc) is 2.97. The quantitative estimate of drug-likeness (QED) is 0.832. The van der Waals surface area contributed by atoms with Crippen molar-refractivity contribution >= 4 is 15.9 Å². The standard InChI is InChI=1S/C9H11BrN2O2/c10-7-5-8(14-4-3-13)12-9(11-7)6-1-2-6/h5-6,13H,1-4H2. The molecule has 0 aromatic carbocycles. The molecule has 4 nitrogen and oxygen atoms in total. The maximum Gasteiger partial charge on any atom is 0.217 e. The molecule has 2 rings (SSSR count). The maximum atomic E-state index is 8.61. The molecule has 0 radical (unpaired) electrons. The van der Waals surface area contributed by atoms with E-state index in [1.807, 2.05) is 0 Å². The maximum absolute atomic E-state index is 8.61. The van der Waals surface area contributed by atoms with Crippen LogP contribution in [0.15, 0.2) is 10.7 Å². The van der Waals surface area contributed by atoms with Crippen molar-refractivity contribution in [3.05, 3.63) is 16.5 Å². The van der Waals surface area contributed by atoms with Crippen LogP contribution in [0.2, 0.25) is 0 Å². The van der Waals surface area contributed by atoms with Crippen LogP contribution in [0.5, 0.6) is 5.88 Å². The second-order valence-corrected chi connectivity index (χ2v) is 4.05. The van der Waals surface area contributed by atoms with Gasteiger partial charge in [-0.1, -0.05) is 0 Å². The first-order chi connectivity index (χ1) is 6.79. The molecule has 1 N–H and O–H groups in total. The van der Waals surface area contributed by atoms with Crippen molar-refractivity contribution < 1.29 is 9.84 Å². The second-order valence-electron chi connectivity index (χ2n) is 3.23. The Bertz CT molecular complexity index is 329. The van der Waals surface area contributed by atoms with E-state index in [9.17, 15) is 0 Å². The fraction of sp³-hybridized carbons (Fsp3) is 0.556. The van der Waals surface area contributed by atoms with E-state index in [2.05, 4.69) is 25.9 Å². The third kappa shape index (κ3) is 2.42. The van der Waals surface area contributed by atoms with Crippen molar-refractivity contribution in [3.8, 4) is 5.88 Å². The average molecular weight is 259 g/mol. The van der Waals surface area contributed by atoms with E-state index >= 15 is 0 Å². The Labute approximate surface area is 90.5 Å². The summed E-state index contributed by atoms with van der Waals surface area (Å²) in [5.41, 5.74) is 0. The van der Waals surface area contributed by atoms with Crippen molar-refractivity contribution in [3.63, 3.8) is 0 Å². The monoisotopic (exact) mass is 258 g/mol. The van der Waals surface area contributed by atoms with Crippen molar-refractivity contribution in [1.29, 1.82) is 0 Å². The Balaban J connectivity index is 2.13. The van der Waals surface area contributed by atoms with Crippen LogP contribution in [0.1, 0.15) is 24.6 Å². The summed E-state index contributed by atoms with van der Waals surface area (Å²) in [6.07, 6.45) is 2.33. The van der Waals surface area contributed by atoms with Gasteiger partial charge < -0.3 is 9.84 Å². The zero-order chi connectivity index (χ0) is 9.97. The smallest absolute Gasteiger partial charge is 0.217 e. The molecule has 76 valence electrons. The van der Waals surface area contributed by atoms with Gasteiger partial charge in [0.25, 0.3) is 0 Å². The van der Waals surface area contributed by atoms with Crippen LogP contribution in [-0.2, 0) is 0 Å². The normalized spacial score (nSPS) is 15.6. The van der Waals surface area contributed by atoms with Crippen LogP contribution in [0, 0.1) is 0 Å². The number of aliphatic hydroxyl groups is 1. The molecule has 0 aliphatic heterocycles. The molecule has 1 aliphatic carbocycles. The lowest BCUT2D eigenvalue weighted by Crippen LogP contribution is -2.05. The van der Waals surface area contributed by atoms with E-state index in [4.69, 9.17) is 9.84 Å². The number of aromatic nitrogens is 2. The summed E-state index contributed by atoms with van der Waals surface area (Å²) in [4.78, 5) is 8.53. The lowest BCUT2D eigenvalue weighted by atomic mass is 10.4. The highest BCUT2D eigenvalue weighted by Gasteiger charge is 2.27. The molecule has 0 spiro atoms. The van der Waals surface area contributed by atoms with Gasteiger partial charge >= 0.3 is 0 Å². The molecule has 0 bridgehead atoms. The zero-order valence-corrected chi connectivity index (χ0v) is 9.20. The molecule has 1 fully saturated rings. The summed E-state index contributed by atoms with van der Waals surface area (Å²) >= 11 is 3.31. The number of halogens is 1. The molecule has 1 heterocycles. The van der Waals surface area contributed by atoms with E-state index in [-0.39, 0.29) is 13.2 Å². The lowest BCUT2D eigenvalue weighted by Gasteiger charge is -2.05. The first-order valence-corrected chi connectivity index (χ1v) is 5.37. The fourth-order valence-corrected chi connectivity index (χ4v) is 1.54. The van der Waals surface area contributed by atoms with Gasteiger partial charge in [-0.25, -0.2) is 4.98 Å². The summed E-state index contributed by atoms with van der Waals surface area (Å²) in [5, 5.41) is 8.61. The van der Waals surface area contributed by atoms with Crippen LogP contribution in [-0.4, -0.2) is 28.3 Å². The highest BCUT2D eigenvalue weighted by molar-refractivity contribution is 9.10. The van der Waals surface area contributed by atoms with E-state index in [1.165, 1.54) is 0 Å². The highest BCUT2D eigenvalue weighted by Crippen LogP contribution is 2.38. The molecule has 1 aliphatic rings. The Morgan fingerprint density at radius 3 is 2.93 bits per heavy atom. The topological polar surface area (TPSA) is 55.2 Å². The first kappa shape index (κ1) is 9.86. The van der Waals surface area contributed by atoms with Gasteiger partial charge in [-0.3, -0.25) is 0 Å². The molecule has 0 saturated heterocycles. The number of nitrogens with zero attached hydrogens (tertiary/aromatic N) is 2. The number of rotatable bonds is 4. The van der Waals surface area contributed by atoms with Gasteiger partial charge in [-0.15, -0.1) is 0 Å². The van der Waals surface area contributed by atoms with Gasteiger partial charge in [0.15, 0.2) is 0 Å². The minimum Gasteiger partial charge on any atom is -0.475 e. The van der Waals surface area contributed by atoms with Crippen LogP contribution in [0.25, 0.3) is 0 Å². The summed E-state index contributed by atoms with van der Waals surface area (Å²) in [5.74, 6) is 1.87. The lowest BCUT2D eigenvalue weighted by molar-refractivity contribution is 0.196. The Kier molecular flexibility index (Phi) is 2.98. The van der Waals surface area contributed by atoms with Gasteiger partial charge in [0, 0.05) is 12.0 Å². The number of ether oxygens (including phenoxy) is 1. The summed E-state index contributed by atoms with van der Waals surface area (Å²) in [6.45, 7) is 0.272. The third-order valence-electron chi connectivity index (χ3n) is 1.97. The van der Waals surface area contributed by atoms with E-state index in [1.54, 1.807) is 6.07 Å². The van der Waals surface area contributed by atoms with Gasteiger partial charge in [0.1, 0.15) is 17.0 Å². The van der Waals surface area contributed by atoms with Crippen molar-refractivity contribution in [2.75, 3.05) is 13.2 Å². The van der Waals surface area contributed by atoms with Crippen molar-refractivity contribution in [1.82, 2.24) is 9.97 Å². The van der Waals surface area contributed by atoms with Gasteiger partial charge in [0.2, 0.25) is 5.88 Å². The number of hydrogen-bond acceptors (Lipinski definition) is 4. The molecule has 0 unspecified atom stereocenters. The minimum absolute atomic E-state index is 0.000381. The van der Waals surface area contributed by atoms with E-state index < -0.39 is 0 Å².